The monoisotopic (exact) mass is 212 g/mol. The third-order valence-corrected chi connectivity index (χ3v) is 5.35. The summed E-state index contributed by atoms with van der Waals surface area (Å²) >= 11 is 0. The number of aliphatic hydroxyl groups excluding tert-OH is 1. The molecule has 0 bridgehead atoms. The lowest BCUT2D eigenvalue weighted by Crippen LogP contribution is -2.33. The molecule has 90 valence electrons. The van der Waals surface area contributed by atoms with E-state index in [-0.39, 0.29) is 22.3 Å². The van der Waals surface area contributed by atoms with Gasteiger partial charge in [-0.15, -0.1) is 0 Å². The van der Waals surface area contributed by atoms with E-state index in [9.17, 15) is 5.11 Å². The van der Waals surface area contributed by atoms with Crippen LogP contribution in [-0.2, 0) is 0 Å². The first-order valence-corrected chi connectivity index (χ1v) is 6.12. The van der Waals surface area contributed by atoms with Crippen LogP contribution in [-0.4, -0.2) is 11.2 Å². The predicted molar refractivity (Wildman–Crippen MR) is 65.7 cm³/mol. The Morgan fingerprint density at radius 1 is 1.00 bits per heavy atom. The summed E-state index contributed by atoms with van der Waals surface area (Å²) in [6.07, 6.45) is -0.171. The standard InChI is InChI=1S/C14H28O/c1-9(12(2,3)4)10(15)11-13(5,6)14(11,7)8/h9-11,15H,1-8H3. The lowest BCUT2D eigenvalue weighted by atomic mass is 9.76. The first kappa shape index (κ1) is 13.0. The molecule has 1 N–H and O–H groups in total. The van der Waals surface area contributed by atoms with E-state index in [0.29, 0.717) is 11.8 Å². The summed E-state index contributed by atoms with van der Waals surface area (Å²) in [5.41, 5.74) is 0.756. The highest BCUT2D eigenvalue weighted by atomic mass is 16.3. The minimum absolute atomic E-state index is 0.171. The van der Waals surface area contributed by atoms with Crippen LogP contribution in [0, 0.1) is 28.1 Å². The van der Waals surface area contributed by atoms with Crippen LogP contribution in [0.15, 0.2) is 0 Å². The molecule has 0 radical (unpaired) electrons. The number of hydrogen-bond donors (Lipinski definition) is 1. The van der Waals surface area contributed by atoms with Gasteiger partial charge in [-0.25, -0.2) is 0 Å². The largest absolute Gasteiger partial charge is 0.392 e. The molecule has 0 amide bonds. The lowest BCUT2D eigenvalue weighted by molar-refractivity contribution is 0.0240. The van der Waals surface area contributed by atoms with Crippen molar-refractivity contribution in [2.24, 2.45) is 28.1 Å². The maximum Gasteiger partial charge on any atom is 0.0609 e. The van der Waals surface area contributed by atoms with Crippen LogP contribution in [0.2, 0.25) is 0 Å². The Bertz CT molecular complexity index is 231. The topological polar surface area (TPSA) is 20.2 Å². The Kier molecular flexibility index (Phi) is 2.80. The second kappa shape index (κ2) is 3.23. The van der Waals surface area contributed by atoms with Gasteiger partial charge in [0.25, 0.3) is 0 Å². The molecule has 2 atom stereocenters. The van der Waals surface area contributed by atoms with Crippen LogP contribution in [0.5, 0.6) is 0 Å². The second-order valence-corrected chi connectivity index (χ2v) is 7.57. The normalized spacial score (nSPS) is 28.6. The summed E-state index contributed by atoms with van der Waals surface area (Å²) in [5, 5.41) is 10.5. The molecule has 2 unspecified atom stereocenters. The molecule has 1 rings (SSSR count). The molecule has 1 saturated carbocycles. The number of hydrogen-bond acceptors (Lipinski definition) is 1. The van der Waals surface area contributed by atoms with Crippen molar-refractivity contribution in [3.8, 4) is 0 Å². The third kappa shape index (κ3) is 1.84. The van der Waals surface area contributed by atoms with Gasteiger partial charge in [0, 0.05) is 0 Å². The highest BCUT2D eigenvalue weighted by Gasteiger charge is 2.68. The Morgan fingerprint density at radius 2 is 1.33 bits per heavy atom. The van der Waals surface area contributed by atoms with E-state index in [1.807, 2.05) is 0 Å². The molecule has 0 saturated heterocycles. The average molecular weight is 212 g/mol. The first-order chi connectivity index (χ1) is 6.44. The minimum atomic E-state index is -0.171. The molecule has 0 spiro atoms. The molecule has 0 aliphatic heterocycles. The van der Waals surface area contributed by atoms with Gasteiger partial charge in [0.1, 0.15) is 0 Å². The van der Waals surface area contributed by atoms with Gasteiger partial charge in [-0.05, 0) is 28.1 Å². The Balaban J connectivity index is 2.78. The van der Waals surface area contributed by atoms with Gasteiger partial charge in [-0.3, -0.25) is 0 Å². The lowest BCUT2D eigenvalue weighted by Gasteiger charge is -2.32. The molecule has 1 heteroatoms. The minimum Gasteiger partial charge on any atom is -0.392 e. The van der Waals surface area contributed by atoms with Crippen molar-refractivity contribution in [3.05, 3.63) is 0 Å². The molecule has 15 heavy (non-hydrogen) atoms. The van der Waals surface area contributed by atoms with Gasteiger partial charge in [0.05, 0.1) is 6.10 Å². The molecule has 1 aliphatic carbocycles. The fourth-order valence-corrected chi connectivity index (χ4v) is 2.90. The van der Waals surface area contributed by atoms with Gasteiger partial charge in [0.2, 0.25) is 0 Å². The Labute approximate surface area is 95.3 Å². The maximum absolute atomic E-state index is 10.5. The first-order valence-electron chi connectivity index (χ1n) is 6.12. The summed E-state index contributed by atoms with van der Waals surface area (Å²) in [7, 11) is 0. The van der Waals surface area contributed by atoms with Gasteiger partial charge in [-0.2, -0.15) is 0 Å². The number of aliphatic hydroxyl groups is 1. The van der Waals surface area contributed by atoms with Crippen molar-refractivity contribution < 1.29 is 5.11 Å². The zero-order chi connectivity index (χ0) is 12.2. The SMILES string of the molecule is CC(C(O)C1C(C)(C)C1(C)C)C(C)(C)C. The van der Waals surface area contributed by atoms with Gasteiger partial charge < -0.3 is 5.11 Å². The maximum atomic E-state index is 10.5. The fraction of sp³-hybridized carbons (Fsp3) is 1.00. The van der Waals surface area contributed by atoms with Crippen molar-refractivity contribution in [1.29, 1.82) is 0 Å². The van der Waals surface area contributed by atoms with E-state index in [4.69, 9.17) is 0 Å². The highest BCUT2D eigenvalue weighted by molar-refractivity contribution is 5.15. The summed E-state index contributed by atoms with van der Waals surface area (Å²) in [6.45, 7) is 17.9. The van der Waals surface area contributed by atoms with E-state index in [2.05, 4.69) is 55.4 Å². The Hall–Kier alpha value is -0.0400. The second-order valence-electron chi connectivity index (χ2n) is 7.57. The van der Waals surface area contributed by atoms with Crippen LogP contribution in [0.1, 0.15) is 55.4 Å². The molecule has 1 fully saturated rings. The molecule has 1 nitrogen and oxygen atoms in total. The van der Waals surface area contributed by atoms with Crippen LogP contribution in [0.3, 0.4) is 0 Å². The van der Waals surface area contributed by atoms with Crippen LogP contribution in [0.4, 0.5) is 0 Å². The van der Waals surface area contributed by atoms with Crippen molar-refractivity contribution in [2.45, 2.75) is 61.5 Å². The quantitative estimate of drug-likeness (QED) is 0.740. The molecule has 0 aromatic rings. The van der Waals surface area contributed by atoms with E-state index in [1.165, 1.54) is 0 Å². The van der Waals surface area contributed by atoms with E-state index < -0.39 is 0 Å². The van der Waals surface area contributed by atoms with Gasteiger partial charge >= 0.3 is 0 Å². The van der Waals surface area contributed by atoms with E-state index >= 15 is 0 Å². The predicted octanol–water partition coefficient (Wildman–Crippen LogP) is 3.71. The van der Waals surface area contributed by atoms with Crippen LogP contribution >= 0.6 is 0 Å². The summed E-state index contributed by atoms with van der Waals surface area (Å²) < 4.78 is 0. The Morgan fingerprint density at radius 3 is 1.53 bits per heavy atom. The number of rotatable bonds is 2. The van der Waals surface area contributed by atoms with Crippen LogP contribution < -0.4 is 0 Å². The summed E-state index contributed by atoms with van der Waals surface area (Å²) in [6, 6.07) is 0. The molecular formula is C14H28O. The van der Waals surface area contributed by atoms with Crippen molar-refractivity contribution in [2.75, 3.05) is 0 Å². The van der Waals surface area contributed by atoms with Crippen LogP contribution in [0.25, 0.3) is 0 Å². The average Bonchev–Trinajstić information content (AvgIpc) is 2.39. The fourth-order valence-electron chi connectivity index (χ4n) is 2.90. The zero-order valence-corrected chi connectivity index (χ0v) is 11.7. The highest BCUT2D eigenvalue weighted by Crippen LogP contribution is 2.70. The van der Waals surface area contributed by atoms with Crippen molar-refractivity contribution >= 4 is 0 Å². The third-order valence-electron chi connectivity index (χ3n) is 5.35. The van der Waals surface area contributed by atoms with Gasteiger partial charge in [0.15, 0.2) is 0 Å². The molecule has 0 heterocycles. The summed E-state index contributed by atoms with van der Waals surface area (Å²) in [4.78, 5) is 0. The molecule has 1 aliphatic rings. The van der Waals surface area contributed by atoms with E-state index in [0.717, 1.165) is 0 Å². The van der Waals surface area contributed by atoms with Crippen molar-refractivity contribution in [3.63, 3.8) is 0 Å². The molecular weight excluding hydrogens is 184 g/mol. The zero-order valence-electron chi connectivity index (χ0n) is 11.7. The van der Waals surface area contributed by atoms with Gasteiger partial charge in [-0.1, -0.05) is 55.4 Å². The molecule has 0 aromatic heterocycles. The smallest absolute Gasteiger partial charge is 0.0609 e. The molecule has 0 aromatic carbocycles. The summed E-state index contributed by atoms with van der Waals surface area (Å²) in [5.74, 6) is 0.794. The van der Waals surface area contributed by atoms with Crippen molar-refractivity contribution in [1.82, 2.24) is 0 Å². The van der Waals surface area contributed by atoms with E-state index in [1.54, 1.807) is 0 Å².